The fourth-order valence-electron chi connectivity index (χ4n) is 3.66. The average Bonchev–Trinajstić information content (AvgIpc) is 3.20. The molecule has 8 heteroatoms. The molecule has 0 aromatic rings. The van der Waals surface area contributed by atoms with Crippen molar-refractivity contribution < 1.29 is 18.3 Å². The van der Waals surface area contributed by atoms with Crippen LogP contribution in [0.25, 0.3) is 0 Å². The van der Waals surface area contributed by atoms with Crippen molar-refractivity contribution in [2.45, 2.75) is 45.6 Å². The molecule has 1 aliphatic heterocycles. The average molecular weight is 422 g/mol. The van der Waals surface area contributed by atoms with Gasteiger partial charge in [0, 0.05) is 5.92 Å². The molecule has 0 saturated carbocycles. The van der Waals surface area contributed by atoms with E-state index < -0.39 is 16.0 Å². The predicted octanol–water partition coefficient (Wildman–Crippen LogP) is 2.76. The number of rotatable bonds is 9. The minimum absolute atomic E-state index is 0.0493. The van der Waals surface area contributed by atoms with Crippen LogP contribution >= 0.6 is 0 Å². The molecule has 0 saturated heterocycles. The lowest BCUT2D eigenvalue weighted by Gasteiger charge is -2.30. The van der Waals surface area contributed by atoms with Crippen LogP contribution in [0.2, 0.25) is 0 Å². The fraction of sp³-hybridized carbons (Fsp3) is 0.524. The van der Waals surface area contributed by atoms with Crippen LogP contribution in [0.4, 0.5) is 0 Å². The van der Waals surface area contributed by atoms with Gasteiger partial charge in [-0.2, -0.15) is 0 Å². The van der Waals surface area contributed by atoms with Crippen LogP contribution in [-0.4, -0.2) is 45.5 Å². The molecule has 0 amide bonds. The number of sulfonamides is 1. The molecule has 1 aliphatic carbocycles. The van der Waals surface area contributed by atoms with Crippen molar-refractivity contribution in [1.82, 2.24) is 10.0 Å². The minimum Gasteiger partial charge on any atom is -0.481 e. The second-order valence-corrected chi connectivity index (χ2v) is 9.46. The molecule has 29 heavy (non-hydrogen) atoms. The van der Waals surface area contributed by atoms with Gasteiger partial charge >= 0.3 is 5.97 Å². The van der Waals surface area contributed by atoms with Crippen LogP contribution in [0.15, 0.2) is 51.4 Å². The Bertz CT molecular complexity index is 845. The predicted molar refractivity (Wildman–Crippen MR) is 116 cm³/mol. The monoisotopic (exact) mass is 421 g/mol. The number of allylic oxidation sites excluding steroid dienone is 7. The normalized spacial score (nSPS) is 24.4. The van der Waals surface area contributed by atoms with Gasteiger partial charge in [-0.25, -0.2) is 13.1 Å². The van der Waals surface area contributed by atoms with E-state index in [4.69, 9.17) is 5.11 Å². The number of carboxylic acids is 1. The Morgan fingerprint density at radius 2 is 2.24 bits per heavy atom. The molecule has 160 valence electrons. The van der Waals surface area contributed by atoms with Gasteiger partial charge in [0.05, 0.1) is 30.3 Å². The van der Waals surface area contributed by atoms with Crippen molar-refractivity contribution in [3.8, 4) is 0 Å². The highest BCUT2D eigenvalue weighted by molar-refractivity contribution is 7.93. The standard InChI is InChI=1S/C21H31N3O4S/c1-15(6-4-7-16(2)12-21(25)26)10-11-18-17(19-13-23-14-24-19)8-5-9-20(18)29(27,28)22-3/h4,6-7,10-11,14,16-17,19,22H,5,8-9,12-13H2,1-3H3,(H,23,24)(H,25,26)/b7-4+,11-10+,15-6+/t16?,17-,19?/m0/s1. The van der Waals surface area contributed by atoms with Gasteiger partial charge in [-0.05, 0) is 44.7 Å². The molecule has 3 atom stereocenters. The zero-order valence-corrected chi connectivity index (χ0v) is 18.1. The van der Waals surface area contributed by atoms with Crippen molar-refractivity contribution in [3.63, 3.8) is 0 Å². The maximum atomic E-state index is 12.6. The van der Waals surface area contributed by atoms with Gasteiger partial charge in [0.1, 0.15) is 0 Å². The molecule has 0 aromatic heterocycles. The first-order valence-corrected chi connectivity index (χ1v) is 11.4. The van der Waals surface area contributed by atoms with E-state index >= 15 is 0 Å². The fourth-order valence-corrected chi connectivity index (χ4v) is 4.85. The summed E-state index contributed by atoms with van der Waals surface area (Å²) >= 11 is 0. The quantitative estimate of drug-likeness (QED) is 0.496. The van der Waals surface area contributed by atoms with E-state index in [9.17, 15) is 13.2 Å². The topological polar surface area (TPSA) is 108 Å². The summed E-state index contributed by atoms with van der Waals surface area (Å²) in [6.07, 6.45) is 13.5. The van der Waals surface area contributed by atoms with Crippen molar-refractivity contribution in [2.24, 2.45) is 16.8 Å². The zero-order chi connectivity index (χ0) is 21.4. The van der Waals surface area contributed by atoms with E-state index in [2.05, 4.69) is 15.0 Å². The summed E-state index contributed by atoms with van der Waals surface area (Å²) in [5, 5.41) is 12.1. The molecule has 2 rings (SSSR count). The van der Waals surface area contributed by atoms with Crippen molar-refractivity contribution >= 4 is 22.3 Å². The van der Waals surface area contributed by atoms with Crippen molar-refractivity contribution in [2.75, 3.05) is 13.6 Å². The SMILES string of the molecule is CNS(=O)(=O)C1=C(/C=C/C(C)=C/C=C/C(C)CC(=O)O)[C@@H](C2CN=CN2)CCC1. The summed E-state index contributed by atoms with van der Waals surface area (Å²) in [4.78, 5) is 15.4. The zero-order valence-electron chi connectivity index (χ0n) is 17.3. The Kier molecular flexibility index (Phi) is 8.40. The van der Waals surface area contributed by atoms with Crippen molar-refractivity contribution in [1.29, 1.82) is 0 Å². The third-order valence-electron chi connectivity index (χ3n) is 5.22. The number of carbonyl (C=O) groups is 1. The highest BCUT2D eigenvalue weighted by atomic mass is 32.2. The minimum atomic E-state index is -3.50. The molecule has 1 heterocycles. The molecular weight excluding hydrogens is 390 g/mol. The van der Waals surface area contributed by atoms with Crippen LogP contribution in [0.3, 0.4) is 0 Å². The lowest BCUT2D eigenvalue weighted by Crippen LogP contribution is -2.37. The van der Waals surface area contributed by atoms with Gasteiger partial charge in [0.15, 0.2) is 0 Å². The van der Waals surface area contributed by atoms with E-state index in [1.54, 1.807) is 6.34 Å². The Labute approximate surface area is 173 Å². The molecule has 0 spiro atoms. The number of nitrogens with one attached hydrogen (secondary N) is 2. The summed E-state index contributed by atoms with van der Waals surface area (Å²) < 4.78 is 27.6. The lowest BCUT2D eigenvalue weighted by atomic mass is 9.82. The summed E-state index contributed by atoms with van der Waals surface area (Å²) in [5.74, 6) is -0.785. The van der Waals surface area contributed by atoms with E-state index in [-0.39, 0.29) is 24.3 Å². The number of hydrogen-bond acceptors (Lipinski definition) is 5. The number of aliphatic carboxylic acids is 1. The smallest absolute Gasteiger partial charge is 0.303 e. The Morgan fingerprint density at radius 3 is 2.86 bits per heavy atom. The van der Waals surface area contributed by atoms with Gasteiger partial charge in [0.2, 0.25) is 10.0 Å². The second kappa shape index (κ2) is 10.5. The van der Waals surface area contributed by atoms with Gasteiger partial charge in [0.25, 0.3) is 0 Å². The molecule has 2 aliphatic rings. The van der Waals surface area contributed by atoms with E-state index in [1.165, 1.54) is 7.05 Å². The third kappa shape index (κ3) is 6.68. The highest BCUT2D eigenvalue weighted by Crippen LogP contribution is 2.36. The third-order valence-corrected chi connectivity index (χ3v) is 6.85. The van der Waals surface area contributed by atoms with Gasteiger partial charge in [-0.3, -0.25) is 9.79 Å². The second-order valence-electron chi connectivity index (χ2n) is 7.56. The van der Waals surface area contributed by atoms with Crippen molar-refractivity contribution in [3.05, 3.63) is 46.4 Å². The Hall–Kier alpha value is -2.19. The van der Waals surface area contributed by atoms with Gasteiger partial charge < -0.3 is 10.4 Å². The largest absolute Gasteiger partial charge is 0.481 e. The number of carboxylic acid groups (broad SMARTS) is 1. The maximum absolute atomic E-state index is 12.6. The molecule has 0 fully saturated rings. The summed E-state index contributed by atoms with van der Waals surface area (Å²) in [6.45, 7) is 4.44. The lowest BCUT2D eigenvalue weighted by molar-refractivity contribution is -0.137. The van der Waals surface area contributed by atoms with E-state index in [0.29, 0.717) is 17.9 Å². The molecular formula is C21H31N3O4S. The summed E-state index contributed by atoms with van der Waals surface area (Å²) in [7, 11) is -2.06. The molecule has 2 unspecified atom stereocenters. The number of aliphatic imine (C=N–C) groups is 1. The number of nitrogens with zero attached hydrogens (tertiary/aromatic N) is 1. The molecule has 3 N–H and O–H groups in total. The first kappa shape index (κ1) is 23.1. The first-order valence-electron chi connectivity index (χ1n) is 9.90. The van der Waals surface area contributed by atoms with E-state index in [0.717, 1.165) is 24.0 Å². The summed E-state index contributed by atoms with van der Waals surface area (Å²) in [6, 6.07) is 0.109. The molecule has 0 radical (unpaired) electrons. The molecule has 0 bridgehead atoms. The Morgan fingerprint density at radius 1 is 1.48 bits per heavy atom. The van der Waals surface area contributed by atoms with Gasteiger partial charge in [-0.1, -0.05) is 42.9 Å². The van der Waals surface area contributed by atoms with Crippen LogP contribution in [0.5, 0.6) is 0 Å². The first-order chi connectivity index (χ1) is 13.7. The van der Waals surface area contributed by atoms with Crippen LogP contribution < -0.4 is 10.0 Å². The van der Waals surface area contributed by atoms with Crippen LogP contribution in [0, 0.1) is 11.8 Å². The highest BCUT2D eigenvalue weighted by Gasteiger charge is 2.33. The number of hydrogen-bond donors (Lipinski definition) is 3. The molecule has 0 aromatic carbocycles. The molecule has 7 nitrogen and oxygen atoms in total. The Balaban J connectivity index is 2.25. The maximum Gasteiger partial charge on any atom is 0.303 e. The van der Waals surface area contributed by atoms with Crippen LogP contribution in [-0.2, 0) is 14.8 Å². The van der Waals surface area contributed by atoms with Crippen LogP contribution in [0.1, 0.15) is 39.5 Å². The van der Waals surface area contributed by atoms with Gasteiger partial charge in [-0.15, -0.1) is 0 Å². The summed E-state index contributed by atoms with van der Waals surface area (Å²) in [5.41, 5.74) is 1.79. The van der Waals surface area contributed by atoms with E-state index in [1.807, 2.05) is 44.2 Å².